The van der Waals surface area contributed by atoms with E-state index in [4.69, 9.17) is 33.7 Å². The Hall–Kier alpha value is -3.33. The summed E-state index contributed by atoms with van der Waals surface area (Å²) in [5, 5.41) is 4.00. The fraction of sp³-hybridized carbons (Fsp3) is 0.321. The van der Waals surface area contributed by atoms with Gasteiger partial charge in [-0.3, -0.25) is 14.5 Å². The molecule has 2 heterocycles. The number of benzene rings is 2. The first-order valence-electron chi connectivity index (χ1n) is 12.5. The van der Waals surface area contributed by atoms with Crippen LogP contribution in [-0.4, -0.2) is 65.9 Å². The summed E-state index contributed by atoms with van der Waals surface area (Å²) in [5.74, 6) is 0.580. The summed E-state index contributed by atoms with van der Waals surface area (Å²) in [6.07, 6.45) is 1.19. The Balaban J connectivity index is 1.40. The molecule has 1 fully saturated rings. The number of anilines is 1. The van der Waals surface area contributed by atoms with Crippen LogP contribution in [0.15, 0.2) is 54.7 Å². The van der Waals surface area contributed by atoms with Crippen molar-refractivity contribution in [1.82, 2.24) is 20.1 Å². The number of hydrogen-bond acceptors (Lipinski definition) is 6. The maximum absolute atomic E-state index is 12.8. The van der Waals surface area contributed by atoms with Gasteiger partial charge in [-0.15, -0.1) is 0 Å². The summed E-state index contributed by atoms with van der Waals surface area (Å²) in [6, 6.07) is 14.4. The molecule has 0 aliphatic carbocycles. The Morgan fingerprint density at radius 3 is 2.42 bits per heavy atom. The SMILES string of the molecule is CC(=O)N1CCN(CCNC(=O)c2cccc(-c3cnc(N)c(OC(C)c4c(Cl)cccc4Cl)c3)c2)CC1. The smallest absolute Gasteiger partial charge is 0.251 e. The van der Waals surface area contributed by atoms with E-state index >= 15 is 0 Å². The number of carbonyl (C=O) groups is 2. The molecule has 2 amide bonds. The molecule has 10 heteroatoms. The number of piperazine rings is 1. The molecule has 1 unspecified atom stereocenters. The number of nitrogens with two attached hydrogens (primary N) is 1. The number of hydrogen-bond donors (Lipinski definition) is 2. The number of carbonyl (C=O) groups excluding carboxylic acids is 2. The van der Waals surface area contributed by atoms with E-state index < -0.39 is 6.10 Å². The summed E-state index contributed by atoms with van der Waals surface area (Å²) in [7, 11) is 0. The van der Waals surface area contributed by atoms with Crippen LogP contribution < -0.4 is 15.8 Å². The van der Waals surface area contributed by atoms with Crippen molar-refractivity contribution in [3.05, 3.63) is 75.9 Å². The second kappa shape index (κ2) is 12.5. The minimum atomic E-state index is -0.460. The van der Waals surface area contributed by atoms with E-state index in [9.17, 15) is 9.59 Å². The van der Waals surface area contributed by atoms with Gasteiger partial charge in [-0.2, -0.15) is 0 Å². The van der Waals surface area contributed by atoms with Crippen LogP contribution in [0.3, 0.4) is 0 Å². The lowest BCUT2D eigenvalue weighted by molar-refractivity contribution is -0.130. The zero-order chi connectivity index (χ0) is 27.2. The minimum Gasteiger partial charge on any atom is -0.482 e. The van der Waals surface area contributed by atoms with E-state index in [1.54, 1.807) is 43.5 Å². The van der Waals surface area contributed by atoms with Crippen molar-refractivity contribution < 1.29 is 14.3 Å². The third kappa shape index (κ3) is 6.75. The first kappa shape index (κ1) is 27.7. The molecule has 0 spiro atoms. The number of amides is 2. The molecule has 1 aliphatic rings. The lowest BCUT2D eigenvalue weighted by Crippen LogP contribution is -2.49. The van der Waals surface area contributed by atoms with Crippen LogP contribution >= 0.6 is 23.2 Å². The van der Waals surface area contributed by atoms with Crippen LogP contribution in [-0.2, 0) is 4.79 Å². The Morgan fingerprint density at radius 2 is 1.74 bits per heavy atom. The van der Waals surface area contributed by atoms with Crippen LogP contribution in [0.25, 0.3) is 11.1 Å². The summed E-state index contributed by atoms with van der Waals surface area (Å²) < 4.78 is 6.10. The monoisotopic (exact) mass is 555 g/mol. The first-order chi connectivity index (χ1) is 18.2. The van der Waals surface area contributed by atoms with Gasteiger partial charge in [0.1, 0.15) is 6.10 Å². The Morgan fingerprint density at radius 1 is 1.05 bits per heavy atom. The highest BCUT2D eigenvalue weighted by Gasteiger charge is 2.19. The second-order valence-electron chi connectivity index (χ2n) is 9.19. The van der Waals surface area contributed by atoms with E-state index in [2.05, 4.69) is 15.2 Å². The molecule has 1 atom stereocenters. The molecule has 8 nitrogen and oxygen atoms in total. The molecular weight excluding hydrogens is 525 g/mol. The standard InChI is InChI=1S/C28H31Cl2N5O3/c1-18(26-23(29)7-4-8-24(26)30)38-25-16-22(17-33-27(25)31)20-5-3-6-21(15-20)28(37)32-9-10-34-11-13-35(14-12-34)19(2)36/h3-8,15-18H,9-14H2,1-2H3,(H2,31,33)(H,32,37). The molecule has 1 saturated heterocycles. The molecule has 4 rings (SSSR count). The fourth-order valence-electron chi connectivity index (χ4n) is 4.41. The van der Waals surface area contributed by atoms with Gasteiger partial charge in [0, 0.05) is 79.1 Å². The molecule has 1 aromatic heterocycles. The van der Waals surface area contributed by atoms with Crippen LogP contribution in [0.5, 0.6) is 5.75 Å². The van der Waals surface area contributed by atoms with Gasteiger partial charge < -0.3 is 20.7 Å². The molecule has 0 saturated carbocycles. The van der Waals surface area contributed by atoms with Crippen molar-refractivity contribution in [2.75, 3.05) is 45.0 Å². The van der Waals surface area contributed by atoms with E-state index in [1.807, 2.05) is 30.0 Å². The number of pyridine rings is 1. The van der Waals surface area contributed by atoms with Crippen molar-refractivity contribution in [3.8, 4) is 16.9 Å². The van der Waals surface area contributed by atoms with Crippen molar-refractivity contribution in [1.29, 1.82) is 0 Å². The van der Waals surface area contributed by atoms with Crippen molar-refractivity contribution in [3.63, 3.8) is 0 Å². The maximum Gasteiger partial charge on any atom is 0.251 e. The molecule has 0 radical (unpaired) electrons. The topological polar surface area (TPSA) is 101 Å². The third-order valence-electron chi connectivity index (χ3n) is 6.58. The molecule has 0 bridgehead atoms. The average molecular weight is 556 g/mol. The van der Waals surface area contributed by atoms with Crippen LogP contribution in [0.4, 0.5) is 5.82 Å². The van der Waals surface area contributed by atoms with Crippen molar-refractivity contribution >= 4 is 40.8 Å². The number of nitrogens with one attached hydrogen (secondary N) is 1. The predicted octanol–water partition coefficient (Wildman–Crippen LogP) is 4.67. The molecule has 200 valence electrons. The second-order valence-corrected chi connectivity index (χ2v) is 10.0. The fourth-order valence-corrected chi connectivity index (χ4v) is 5.12. The van der Waals surface area contributed by atoms with E-state index in [-0.39, 0.29) is 17.6 Å². The zero-order valence-corrected chi connectivity index (χ0v) is 22.9. The Kier molecular flexibility index (Phi) is 9.09. The van der Waals surface area contributed by atoms with Crippen LogP contribution in [0.2, 0.25) is 10.0 Å². The van der Waals surface area contributed by atoms with Gasteiger partial charge in [-0.05, 0) is 42.8 Å². The normalized spacial score (nSPS) is 14.7. The van der Waals surface area contributed by atoms with Crippen molar-refractivity contribution in [2.45, 2.75) is 20.0 Å². The van der Waals surface area contributed by atoms with E-state index in [1.165, 1.54) is 0 Å². The van der Waals surface area contributed by atoms with E-state index in [0.29, 0.717) is 33.5 Å². The maximum atomic E-state index is 12.8. The lowest BCUT2D eigenvalue weighted by atomic mass is 10.0. The van der Waals surface area contributed by atoms with Gasteiger partial charge in [0.2, 0.25) is 5.91 Å². The first-order valence-corrected chi connectivity index (χ1v) is 13.2. The number of ether oxygens (including phenoxy) is 1. The summed E-state index contributed by atoms with van der Waals surface area (Å²) in [4.78, 5) is 32.7. The highest BCUT2D eigenvalue weighted by molar-refractivity contribution is 6.36. The zero-order valence-electron chi connectivity index (χ0n) is 21.4. The average Bonchev–Trinajstić information content (AvgIpc) is 2.90. The lowest BCUT2D eigenvalue weighted by Gasteiger charge is -2.34. The molecule has 1 aliphatic heterocycles. The molecular formula is C28H31Cl2N5O3. The van der Waals surface area contributed by atoms with Crippen LogP contribution in [0.1, 0.15) is 35.9 Å². The molecule has 3 N–H and O–H groups in total. The Bertz CT molecular complexity index is 1290. The van der Waals surface area contributed by atoms with Gasteiger partial charge in [0.05, 0.1) is 0 Å². The number of aromatic nitrogens is 1. The van der Waals surface area contributed by atoms with Gasteiger partial charge in [-0.25, -0.2) is 4.98 Å². The van der Waals surface area contributed by atoms with Gasteiger partial charge in [0.15, 0.2) is 11.6 Å². The van der Waals surface area contributed by atoms with Crippen LogP contribution in [0, 0.1) is 0 Å². The quantitative estimate of drug-likeness (QED) is 0.418. The van der Waals surface area contributed by atoms with Crippen molar-refractivity contribution in [2.24, 2.45) is 0 Å². The summed E-state index contributed by atoms with van der Waals surface area (Å²) in [5.41, 5.74) is 8.86. The number of nitrogen functional groups attached to an aromatic ring is 1. The largest absolute Gasteiger partial charge is 0.482 e. The molecule has 2 aromatic carbocycles. The van der Waals surface area contributed by atoms with Gasteiger partial charge in [-0.1, -0.05) is 41.4 Å². The Labute approximate surface area is 232 Å². The molecule has 38 heavy (non-hydrogen) atoms. The third-order valence-corrected chi connectivity index (χ3v) is 7.24. The number of nitrogens with zero attached hydrogens (tertiary/aromatic N) is 3. The van der Waals surface area contributed by atoms with Gasteiger partial charge in [0.25, 0.3) is 5.91 Å². The summed E-state index contributed by atoms with van der Waals surface area (Å²) >= 11 is 12.7. The highest BCUT2D eigenvalue weighted by Crippen LogP contribution is 2.35. The predicted molar refractivity (Wildman–Crippen MR) is 151 cm³/mol. The van der Waals surface area contributed by atoms with Gasteiger partial charge >= 0.3 is 0 Å². The number of rotatable bonds is 8. The number of halogens is 2. The minimum absolute atomic E-state index is 0.104. The molecule has 3 aromatic rings. The summed E-state index contributed by atoms with van der Waals surface area (Å²) in [6.45, 7) is 7.73. The highest BCUT2D eigenvalue weighted by atomic mass is 35.5. The van der Waals surface area contributed by atoms with E-state index in [0.717, 1.165) is 43.9 Å².